The van der Waals surface area contributed by atoms with Crippen molar-refractivity contribution >= 4 is 15.9 Å². The molecular weight excluding hydrogens is 302 g/mol. The number of nitrogens with zero attached hydrogens (tertiary/aromatic N) is 2. The second kappa shape index (κ2) is 5.21. The van der Waals surface area contributed by atoms with Crippen LogP contribution >= 0.6 is 15.9 Å². The Labute approximate surface area is 124 Å². The normalized spacial score (nSPS) is 21.4. The lowest BCUT2D eigenvalue weighted by molar-refractivity contribution is 0.126. The van der Waals surface area contributed by atoms with Crippen LogP contribution < -0.4 is 5.32 Å². The van der Waals surface area contributed by atoms with E-state index in [1.54, 1.807) is 0 Å². The smallest absolute Gasteiger partial charge is 0.0738 e. The van der Waals surface area contributed by atoms with Gasteiger partial charge in [0.05, 0.1) is 15.9 Å². The van der Waals surface area contributed by atoms with E-state index in [-0.39, 0.29) is 0 Å². The molecule has 0 amide bonds. The van der Waals surface area contributed by atoms with Crippen molar-refractivity contribution in [2.24, 2.45) is 5.41 Å². The second-order valence-corrected chi connectivity index (χ2v) is 7.14. The van der Waals surface area contributed by atoms with Crippen molar-refractivity contribution in [3.8, 4) is 0 Å². The second-order valence-electron chi connectivity index (χ2n) is 6.35. The molecule has 3 rings (SSSR count). The molecule has 2 saturated carbocycles. The summed E-state index contributed by atoms with van der Waals surface area (Å²) in [6.45, 7) is 6.43. The van der Waals surface area contributed by atoms with Crippen molar-refractivity contribution in [1.29, 1.82) is 0 Å². The summed E-state index contributed by atoms with van der Waals surface area (Å²) >= 11 is 3.74. The fourth-order valence-electron chi connectivity index (χ4n) is 3.13. The summed E-state index contributed by atoms with van der Waals surface area (Å²) in [5.74, 6) is 0. The van der Waals surface area contributed by atoms with E-state index in [1.807, 2.05) is 0 Å². The lowest BCUT2D eigenvalue weighted by atomic mass is 9.66. The summed E-state index contributed by atoms with van der Waals surface area (Å²) in [5, 5.41) is 8.37. The minimum absolute atomic E-state index is 0.491. The summed E-state index contributed by atoms with van der Waals surface area (Å²) in [6, 6.07) is 0.818. The maximum atomic E-state index is 4.63. The number of rotatable bonds is 6. The average Bonchev–Trinajstić information content (AvgIpc) is 3.14. The van der Waals surface area contributed by atoms with E-state index in [0.29, 0.717) is 5.41 Å². The van der Waals surface area contributed by atoms with Gasteiger partial charge in [0.25, 0.3) is 0 Å². The van der Waals surface area contributed by atoms with Gasteiger partial charge < -0.3 is 5.32 Å². The van der Waals surface area contributed by atoms with Crippen LogP contribution in [-0.4, -0.2) is 22.4 Å². The van der Waals surface area contributed by atoms with E-state index in [2.05, 4.69) is 44.9 Å². The lowest BCUT2D eigenvalue weighted by Crippen LogP contribution is -2.42. The first-order chi connectivity index (χ1) is 9.13. The Balaban J connectivity index is 1.74. The van der Waals surface area contributed by atoms with Gasteiger partial charge in [-0.05, 0) is 67.3 Å². The van der Waals surface area contributed by atoms with Crippen LogP contribution in [0.5, 0.6) is 0 Å². The highest BCUT2D eigenvalue weighted by molar-refractivity contribution is 9.10. The third kappa shape index (κ3) is 2.75. The third-order valence-corrected chi connectivity index (χ3v) is 5.78. The van der Waals surface area contributed by atoms with Crippen LogP contribution in [0.2, 0.25) is 0 Å². The van der Waals surface area contributed by atoms with E-state index >= 15 is 0 Å². The molecule has 3 nitrogen and oxygen atoms in total. The highest BCUT2D eigenvalue weighted by atomic mass is 79.9. The van der Waals surface area contributed by atoms with Crippen molar-refractivity contribution in [2.75, 3.05) is 6.54 Å². The summed E-state index contributed by atoms with van der Waals surface area (Å²) in [6.07, 6.45) is 8.06. The Kier molecular flexibility index (Phi) is 3.73. The molecule has 1 aromatic rings. The largest absolute Gasteiger partial charge is 0.313 e. The molecule has 0 radical (unpaired) electrons. The van der Waals surface area contributed by atoms with Gasteiger partial charge in [0.2, 0.25) is 0 Å². The molecule has 19 heavy (non-hydrogen) atoms. The molecule has 4 heteroatoms. The van der Waals surface area contributed by atoms with Crippen molar-refractivity contribution in [2.45, 2.75) is 65.0 Å². The zero-order chi connectivity index (χ0) is 13.5. The van der Waals surface area contributed by atoms with Gasteiger partial charge in [-0.2, -0.15) is 5.10 Å². The fraction of sp³-hybridized carbons (Fsp3) is 0.800. The highest BCUT2D eigenvalue weighted by Gasteiger charge is 2.39. The molecule has 0 aliphatic heterocycles. The Morgan fingerprint density at radius 2 is 2.16 bits per heavy atom. The molecule has 2 aliphatic rings. The van der Waals surface area contributed by atoms with Crippen LogP contribution in [0, 0.1) is 12.3 Å². The van der Waals surface area contributed by atoms with Crippen LogP contribution in [-0.2, 0) is 13.0 Å². The standard InChI is InChI=1S/C15H24BrN3/c1-3-19-13(14(16)11(2)18-19)9-15(7-4-8-15)10-17-12-5-6-12/h12,17H,3-10H2,1-2H3. The first-order valence-corrected chi connectivity index (χ1v) is 8.38. The molecule has 0 unspecified atom stereocenters. The number of nitrogens with one attached hydrogen (secondary N) is 1. The third-order valence-electron chi connectivity index (χ3n) is 4.75. The fourth-order valence-corrected chi connectivity index (χ4v) is 3.56. The van der Waals surface area contributed by atoms with Crippen LogP contribution in [0.25, 0.3) is 0 Å². The van der Waals surface area contributed by atoms with Gasteiger partial charge in [-0.3, -0.25) is 4.68 Å². The monoisotopic (exact) mass is 325 g/mol. The molecule has 2 fully saturated rings. The molecule has 1 N–H and O–H groups in total. The molecule has 0 atom stereocenters. The minimum Gasteiger partial charge on any atom is -0.313 e. The van der Waals surface area contributed by atoms with Crippen LogP contribution in [0.4, 0.5) is 0 Å². The van der Waals surface area contributed by atoms with Gasteiger partial charge in [0, 0.05) is 19.1 Å². The Morgan fingerprint density at radius 1 is 1.42 bits per heavy atom. The van der Waals surface area contributed by atoms with Gasteiger partial charge in [0.15, 0.2) is 0 Å². The Bertz CT molecular complexity index is 458. The minimum atomic E-state index is 0.491. The molecule has 2 aliphatic carbocycles. The van der Waals surface area contributed by atoms with E-state index in [9.17, 15) is 0 Å². The molecule has 0 aromatic carbocycles. The van der Waals surface area contributed by atoms with Gasteiger partial charge in [-0.15, -0.1) is 0 Å². The molecule has 1 heterocycles. The van der Waals surface area contributed by atoms with E-state index in [4.69, 9.17) is 0 Å². The van der Waals surface area contributed by atoms with Crippen molar-refractivity contribution < 1.29 is 0 Å². The number of aryl methyl sites for hydroxylation is 2. The first kappa shape index (κ1) is 13.6. The molecule has 0 saturated heterocycles. The van der Waals surface area contributed by atoms with Gasteiger partial charge >= 0.3 is 0 Å². The highest BCUT2D eigenvalue weighted by Crippen LogP contribution is 2.45. The quantitative estimate of drug-likeness (QED) is 0.868. The number of hydrogen-bond acceptors (Lipinski definition) is 2. The predicted molar refractivity (Wildman–Crippen MR) is 81.4 cm³/mol. The zero-order valence-corrected chi connectivity index (χ0v) is 13.6. The number of halogens is 1. The summed E-state index contributed by atoms with van der Waals surface area (Å²) in [7, 11) is 0. The summed E-state index contributed by atoms with van der Waals surface area (Å²) in [4.78, 5) is 0. The van der Waals surface area contributed by atoms with E-state index in [1.165, 1.54) is 55.2 Å². The number of aromatic nitrogens is 2. The average molecular weight is 326 g/mol. The van der Waals surface area contributed by atoms with Crippen LogP contribution in [0.15, 0.2) is 4.47 Å². The van der Waals surface area contributed by atoms with Crippen LogP contribution in [0.3, 0.4) is 0 Å². The maximum absolute atomic E-state index is 4.63. The first-order valence-electron chi connectivity index (χ1n) is 7.59. The SMILES string of the molecule is CCn1nc(C)c(Br)c1CC1(CNC2CC2)CCC1. The Hall–Kier alpha value is -0.350. The van der Waals surface area contributed by atoms with Crippen molar-refractivity contribution in [1.82, 2.24) is 15.1 Å². The molecule has 0 spiro atoms. The molecular formula is C15H24BrN3. The topological polar surface area (TPSA) is 29.9 Å². The van der Waals surface area contributed by atoms with Gasteiger partial charge in [0.1, 0.15) is 0 Å². The van der Waals surface area contributed by atoms with Crippen molar-refractivity contribution in [3.05, 3.63) is 15.9 Å². The predicted octanol–water partition coefficient (Wildman–Crippen LogP) is 3.44. The van der Waals surface area contributed by atoms with Crippen LogP contribution in [0.1, 0.15) is 50.4 Å². The lowest BCUT2D eigenvalue weighted by Gasteiger charge is -2.42. The summed E-state index contributed by atoms with van der Waals surface area (Å²) in [5.41, 5.74) is 3.02. The Morgan fingerprint density at radius 3 is 2.68 bits per heavy atom. The van der Waals surface area contributed by atoms with E-state index < -0.39 is 0 Å². The molecule has 1 aromatic heterocycles. The van der Waals surface area contributed by atoms with E-state index in [0.717, 1.165) is 18.3 Å². The molecule has 0 bridgehead atoms. The van der Waals surface area contributed by atoms with Crippen molar-refractivity contribution in [3.63, 3.8) is 0 Å². The van der Waals surface area contributed by atoms with Gasteiger partial charge in [-0.1, -0.05) is 6.42 Å². The van der Waals surface area contributed by atoms with Gasteiger partial charge in [-0.25, -0.2) is 0 Å². The zero-order valence-electron chi connectivity index (χ0n) is 12.0. The molecule has 106 valence electrons. The number of hydrogen-bond donors (Lipinski definition) is 1. The summed E-state index contributed by atoms with van der Waals surface area (Å²) < 4.78 is 3.41. The maximum Gasteiger partial charge on any atom is 0.0738 e.